The molecule has 1 amide bonds. The molecule has 0 aliphatic carbocycles. The second-order valence-electron chi connectivity index (χ2n) is 5.80. The molecule has 0 radical (unpaired) electrons. The third kappa shape index (κ3) is 3.61. The summed E-state index contributed by atoms with van der Waals surface area (Å²) in [6.07, 6.45) is 1.33. The number of sulfonamides is 1. The lowest BCUT2D eigenvalue weighted by atomic mass is 10.2. The van der Waals surface area contributed by atoms with Crippen molar-refractivity contribution >= 4 is 50.5 Å². The first kappa shape index (κ1) is 18.0. The summed E-state index contributed by atoms with van der Waals surface area (Å²) in [5.74, 6) is 0.0553. The van der Waals surface area contributed by atoms with E-state index in [0.29, 0.717) is 18.5 Å². The Balaban J connectivity index is 1.93. The van der Waals surface area contributed by atoms with Gasteiger partial charge in [-0.25, -0.2) is 8.42 Å². The maximum atomic E-state index is 12.6. The number of benzene rings is 2. The Bertz CT molecular complexity index is 925. The Morgan fingerprint density at radius 3 is 2.36 bits per heavy atom. The molecule has 132 valence electrons. The van der Waals surface area contributed by atoms with Crippen LogP contribution in [0, 0.1) is 6.92 Å². The molecule has 1 fully saturated rings. The molecule has 2 aromatic carbocycles. The van der Waals surface area contributed by atoms with Crippen molar-refractivity contribution in [1.82, 2.24) is 0 Å². The van der Waals surface area contributed by atoms with Crippen molar-refractivity contribution in [2.75, 3.05) is 16.2 Å². The van der Waals surface area contributed by atoms with E-state index in [1.807, 2.05) is 0 Å². The number of hydrogen-bond acceptors (Lipinski definition) is 3. The van der Waals surface area contributed by atoms with Crippen LogP contribution in [0.1, 0.15) is 18.4 Å². The summed E-state index contributed by atoms with van der Waals surface area (Å²) in [6, 6.07) is 9.40. The highest BCUT2D eigenvalue weighted by Crippen LogP contribution is 2.33. The topological polar surface area (TPSA) is 66.5 Å². The van der Waals surface area contributed by atoms with Gasteiger partial charge < -0.3 is 4.90 Å². The number of nitrogens with one attached hydrogen (secondary N) is 1. The maximum absolute atomic E-state index is 12.6. The predicted octanol–water partition coefficient (Wildman–Crippen LogP) is 4.23. The largest absolute Gasteiger partial charge is 0.312 e. The Morgan fingerprint density at radius 2 is 1.80 bits per heavy atom. The van der Waals surface area contributed by atoms with Crippen molar-refractivity contribution in [2.45, 2.75) is 24.7 Å². The van der Waals surface area contributed by atoms with Gasteiger partial charge in [0.25, 0.3) is 10.0 Å². The van der Waals surface area contributed by atoms with Gasteiger partial charge in [0.15, 0.2) is 0 Å². The number of hydrogen-bond donors (Lipinski definition) is 1. The molecule has 5 nitrogen and oxygen atoms in total. The smallest absolute Gasteiger partial charge is 0.261 e. The number of carbonyl (C=O) groups is 1. The lowest BCUT2D eigenvalue weighted by Crippen LogP contribution is -2.24. The van der Waals surface area contributed by atoms with Gasteiger partial charge in [0, 0.05) is 18.7 Å². The fourth-order valence-corrected chi connectivity index (χ4v) is 4.58. The van der Waals surface area contributed by atoms with Crippen molar-refractivity contribution in [3.63, 3.8) is 0 Å². The number of aryl methyl sites for hydroxylation is 1. The number of carbonyl (C=O) groups excluding carboxylic acids is 1. The van der Waals surface area contributed by atoms with Gasteiger partial charge in [-0.1, -0.05) is 29.3 Å². The van der Waals surface area contributed by atoms with Gasteiger partial charge in [0.2, 0.25) is 5.91 Å². The van der Waals surface area contributed by atoms with E-state index >= 15 is 0 Å². The molecule has 1 heterocycles. The van der Waals surface area contributed by atoms with Crippen molar-refractivity contribution in [1.29, 1.82) is 0 Å². The van der Waals surface area contributed by atoms with Gasteiger partial charge in [-0.2, -0.15) is 0 Å². The number of amides is 1. The van der Waals surface area contributed by atoms with Crippen molar-refractivity contribution < 1.29 is 13.2 Å². The summed E-state index contributed by atoms with van der Waals surface area (Å²) >= 11 is 12.1. The number of anilines is 2. The van der Waals surface area contributed by atoms with Crippen LogP contribution in [0.3, 0.4) is 0 Å². The molecule has 1 N–H and O–H groups in total. The Morgan fingerprint density at radius 1 is 1.12 bits per heavy atom. The molecule has 25 heavy (non-hydrogen) atoms. The van der Waals surface area contributed by atoms with Crippen LogP contribution in [0.2, 0.25) is 10.0 Å². The van der Waals surface area contributed by atoms with Crippen LogP contribution >= 0.6 is 23.2 Å². The minimum atomic E-state index is -3.86. The first-order valence-electron chi connectivity index (χ1n) is 7.67. The zero-order valence-electron chi connectivity index (χ0n) is 13.4. The molecule has 1 aliphatic heterocycles. The monoisotopic (exact) mass is 398 g/mol. The van der Waals surface area contributed by atoms with Gasteiger partial charge in [0.05, 0.1) is 20.6 Å². The number of nitrogens with zero attached hydrogens (tertiary/aromatic N) is 1. The lowest BCUT2D eigenvalue weighted by molar-refractivity contribution is -0.117. The molecule has 0 bridgehead atoms. The van der Waals surface area contributed by atoms with Gasteiger partial charge in [-0.15, -0.1) is 0 Å². The summed E-state index contributed by atoms with van der Waals surface area (Å²) in [5.41, 5.74) is 1.59. The molecule has 3 rings (SSSR count). The molecule has 0 aromatic heterocycles. The Kier molecular flexibility index (Phi) is 4.95. The fourth-order valence-electron chi connectivity index (χ4n) is 2.79. The highest BCUT2D eigenvalue weighted by Gasteiger charge is 2.24. The SMILES string of the molecule is Cc1cc(S(=O)(=O)Nc2c(Cl)cccc2Cl)ccc1N1CCCC1=O. The molecule has 0 unspecified atom stereocenters. The standard InChI is InChI=1S/C17H16Cl2N2O3S/c1-11-10-12(7-8-15(11)21-9-3-6-16(21)22)25(23,24)20-17-13(18)4-2-5-14(17)19/h2,4-5,7-8,10,20H,3,6,9H2,1H3. The van der Waals surface area contributed by atoms with Crippen LogP contribution in [0.15, 0.2) is 41.3 Å². The normalized spacial score (nSPS) is 14.8. The zero-order chi connectivity index (χ0) is 18.2. The average molecular weight is 399 g/mol. The third-order valence-electron chi connectivity index (χ3n) is 4.04. The van der Waals surface area contributed by atoms with E-state index in [0.717, 1.165) is 12.1 Å². The average Bonchev–Trinajstić information content (AvgIpc) is 2.97. The summed E-state index contributed by atoms with van der Waals surface area (Å²) < 4.78 is 27.7. The van der Waals surface area contributed by atoms with Crippen LogP contribution in [0.4, 0.5) is 11.4 Å². The van der Waals surface area contributed by atoms with Crippen LogP contribution in [0.5, 0.6) is 0 Å². The number of halogens is 2. The molecule has 1 aliphatic rings. The van der Waals surface area contributed by atoms with Gasteiger partial charge in [-0.3, -0.25) is 9.52 Å². The maximum Gasteiger partial charge on any atom is 0.261 e. The van der Waals surface area contributed by atoms with E-state index in [1.54, 1.807) is 36.1 Å². The second-order valence-corrected chi connectivity index (χ2v) is 8.30. The predicted molar refractivity (Wildman–Crippen MR) is 100 cm³/mol. The van der Waals surface area contributed by atoms with E-state index in [-0.39, 0.29) is 26.5 Å². The van der Waals surface area contributed by atoms with Crippen molar-refractivity contribution in [2.24, 2.45) is 0 Å². The van der Waals surface area contributed by atoms with E-state index in [4.69, 9.17) is 23.2 Å². The van der Waals surface area contributed by atoms with E-state index in [9.17, 15) is 13.2 Å². The minimum absolute atomic E-state index is 0.0553. The Hall–Kier alpha value is -1.76. The van der Waals surface area contributed by atoms with Gasteiger partial charge in [0.1, 0.15) is 0 Å². The van der Waals surface area contributed by atoms with Crippen molar-refractivity contribution in [3.05, 3.63) is 52.0 Å². The number of rotatable bonds is 4. The highest BCUT2D eigenvalue weighted by molar-refractivity contribution is 7.92. The van der Waals surface area contributed by atoms with Crippen LogP contribution < -0.4 is 9.62 Å². The summed E-state index contributed by atoms with van der Waals surface area (Å²) in [7, 11) is -3.86. The fraction of sp³-hybridized carbons (Fsp3) is 0.235. The summed E-state index contributed by atoms with van der Waals surface area (Å²) in [6.45, 7) is 2.43. The quantitative estimate of drug-likeness (QED) is 0.837. The lowest BCUT2D eigenvalue weighted by Gasteiger charge is -2.19. The highest BCUT2D eigenvalue weighted by atomic mass is 35.5. The second kappa shape index (κ2) is 6.86. The van der Waals surface area contributed by atoms with Crippen LogP contribution in [-0.4, -0.2) is 20.9 Å². The Labute approximate surface area is 156 Å². The first-order chi connectivity index (χ1) is 11.8. The van der Waals surface area contributed by atoms with Crippen LogP contribution in [0.25, 0.3) is 0 Å². The molecule has 0 atom stereocenters. The van der Waals surface area contributed by atoms with E-state index in [2.05, 4.69) is 4.72 Å². The molecule has 8 heteroatoms. The summed E-state index contributed by atoms with van der Waals surface area (Å²) in [4.78, 5) is 13.7. The molecular formula is C17H16Cl2N2O3S. The molecular weight excluding hydrogens is 383 g/mol. The van der Waals surface area contributed by atoms with Gasteiger partial charge >= 0.3 is 0 Å². The van der Waals surface area contributed by atoms with E-state index in [1.165, 1.54) is 12.1 Å². The van der Waals surface area contributed by atoms with Crippen molar-refractivity contribution in [3.8, 4) is 0 Å². The first-order valence-corrected chi connectivity index (χ1v) is 9.91. The minimum Gasteiger partial charge on any atom is -0.312 e. The number of para-hydroxylation sites is 1. The molecule has 1 saturated heterocycles. The summed E-state index contributed by atoms with van der Waals surface area (Å²) in [5, 5.41) is 0.430. The molecule has 0 spiro atoms. The molecule has 2 aromatic rings. The molecule has 0 saturated carbocycles. The van der Waals surface area contributed by atoms with Crippen LogP contribution in [-0.2, 0) is 14.8 Å². The van der Waals surface area contributed by atoms with E-state index < -0.39 is 10.0 Å². The zero-order valence-corrected chi connectivity index (χ0v) is 15.7. The third-order valence-corrected chi connectivity index (χ3v) is 6.02. The van der Waals surface area contributed by atoms with Gasteiger partial charge in [-0.05, 0) is 49.2 Å².